The fraction of sp³-hybridized carbons (Fsp3) is 0.111. The molecule has 1 aromatic carbocycles. The minimum absolute atomic E-state index is 0. The first kappa shape index (κ1) is 15.7. The Morgan fingerprint density at radius 2 is 2.11 bits per heavy atom. The van der Waals surface area contributed by atoms with Crippen LogP contribution in [0.5, 0.6) is 5.75 Å². The summed E-state index contributed by atoms with van der Waals surface area (Å²) in [6.07, 6.45) is 1.13. The molecule has 0 saturated carbocycles. The predicted molar refractivity (Wildman–Crippen MR) is 70.2 cm³/mol. The third-order valence-corrected chi connectivity index (χ3v) is 1.91. The SMILES string of the molecule is Cc1cc(O)c(/C=N/N=C(N)N)cc1[N+](=O)[O-].Cl. The number of hydrogen-bond donors (Lipinski definition) is 3. The molecule has 0 aliphatic heterocycles. The van der Waals surface area contributed by atoms with Gasteiger partial charge >= 0.3 is 0 Å². The molecule has 0 fully saturated rings. The first-order chi connectivity index (χ1) is 7.91. The number of rotatable bonds is 3. The summed E-state index contributed by atoms with van der Waals surface area (Å²) in [7, 11) is 0. The van der Waals surface area contributed by atoms with Crippen LogP contribution in [0.2, 0.25) is 0 Å². The van der Waals surface area contributed by atoms with E-state index in [0.717, 1.165) is 6.21 Å². The van der Waals surface area contributed by atoms with Crippen molar-refractivity contribution in [3.63, 3.8) is 0 Å². The van der Waals surface area contributed by atoms with E-state index in [1.54, 1.807) is 0 Å². The molecule has 18 heavy (non-hydrogen) atoms. The first-order valence-corrected chi connectivity index (χ1v) is 4.51. The average molecular weight is 274 g/mol. The fourth-order valence-corrected chi connectivity index (χ4v) is 1.16. The maximum atomic E-state index is 10.7. The molecule has 0 heterocycles. The fourth-order valence-electron chi connectivity index (χ4n) is 1.16. The van der Waals surface area contributed by atoms with Gasteiger partial charge in [-0.1, -0.05) is 0 Å². The Bertz CT molecular complexity index is 511. The molecule has 0 aliphatic carbocycles. The van der Waals surface area contributed by atoms with Gasteiger partial charge in [-0.15, -0.1) is 17.5 Å². The van der Waals surface area contributed by atoms with E-state index in [4.69, 9.17) is 11.5 Å². The normalized spacial score (nSPS) is 9.83. The summed E-state index contributed by atoms with van der Waals surface area (Å²) in [6, 6.07) is 2.46. The van der Waals surface area contributed by atoms with Crippen molar-refractivity contribution in [2.24, 2.45) is 21.7 Å². The minimum Gasteiger partial charge on any atom is -0.507 e. The van der Waals surface area contributed by atoms with Gasteiger partial charge in [-0.05, 0) is 13.0 Å². The Balaban J connectivity index is 0.00000289. The van der Waals surface area contributed by atoms with Gasteiger partial charge < -0.3 is 16.6 Å². The van der Waals surface area contributed by atoms with Crippen molar-refractivity contribution >= 4 is 30.3 Å². The van der Waals surface area contributed by atoms with E-state index < -0.39 is 4.92 Å². The van der Waals surface area contributed by atoms with Gasteiger partial charge in [-0.25, -0.2) is 0 Å². The van der Waals surface area contributed by atoms with E-state index in [0.29, 0.717) is 5.56 Å². The molecule has 1 rings (SSSR count). The molecule has 5 N–H and O–H groups in total. The zero-order valence-corrected chi connectivity index (χ0v) is 10.2. The number of nitrogens with zero attached hydrogens (tertiary/aromatic N) is 3. The Kier molecular flexibility index (Phi) is 5.57. The van der Waals surface area contributed by atoms with Crippen LogP contribution in [-0.2, 0) is 0 Å². The maximum absolute atomic E-state index is 10.7. The molecule has 0 radical (unpaired) electrons. The summed E-state index contributed by atoms with van der Waals surface area (Å²) < 4.78 is 0. The number of phenols is 1. The van der Waals surface area contributed by atoms with E-state index >= 15 is 0 Å². The molecule has 98 valence electrons. The van der Waals surface area contributed by atoms with Gasteiger partial charge in [0.15, 0.2) is 0 Å². The smallest absolute Gasteiger partial charge is 0.273 e. The third-order valence-electron chi connectivity index (χ3n) is 1.91. The quantitative estimate of drug-likeness (QED) is 0.321. The zero-order chi connectivity index (χ0) is 13.0. The molecule has 0 unspecified atom stereocenters. The summed E-state index contributed by atoms with van der Waals surface area (Å²) in [5, 5.41) is 27.0. The maximum Gasteiger partial charge on any atom is 0.273 e. The van der Waals surface area contributed by atoms with Crippen LogP contribution in [0, 0.1) is 17.0 Å². The number of benzene rings is 1. The van der Waals surface area contributed by atoms with Crippen molar-refractivity contribution in [1.29, 1.82) is 0 Å². The first-order valence-electron chi connectivity index (χ1n) is 4.51. The van der Waals surface area contributed by atoms with Crippen molar-refractivity contribution in [3.05, 3.63) is 33.4 Å². The molecular weight excluding hydrogens is 262 g/mol. The van der Waals surface area contributed by atoms with Gasteiger partial charge in [0, 0.05) is 17.2 Å². The summed E-state index contributed by atoms with van der Waals surface area (Å²) >= 11 is 0. The highest BCUT2D eigenvalue weighted by atomic mass is 35.5. The number of aryl methyl sites for hydroxylation is 1. The second-order valence-electron chi connectivity index (χ2n) is 3.22. The van der Waals surface area contributed by atoms with E-state index in [9.17, 15) is 15.2 Å². The van der Waals surface area contributed by atoms with Gasteiger partial charge in [0.2, 0.25) is 5.96 Å². The lowest BCUT2D eigenvalue weighted by atomic mass is 10.1. The number of phenolic OH excluding ortho intramolecular Hbond substituents is 1. The molecule has 0 amide bonds. The monoisotopic (exact) mass is 273 g/mol. The van der Waals surface area contributed by atoms with Crippen LogP contribution in [0.25, 0.3) is 0 Å². The largest absolute Gasteiger partial charge is 0.507 e. The van der Waals surface area contributed by atoms with Crippen LogP contribution >= 0.6 is 12.4 Å². The number of nitro groups is 1. The van der Waals surface area contributed by atoms with Crippen LogP contribution < -0.4 is 11.5 Å². The minimum atomic E-state index is -0.549. The molecule has 0 spiro atoms. The highest BCUT2D eigenvalue weighted by molar-refractivity contribution is 5.86. The van der Waals surface area contributed by atoms with Crippen molar-refractivity contribution < 1.29 is 10.0 Å². The molecule has 0 aromatic heterocycles. The Morgan fingerprint density at radius 1 is 1.50 bits per heavy atom. The number of halogens is 1. The topological polar surface area (TPSA) is 140 Å². The molecule has 0 atom stereocenters. The van der Waals surface area contributed by atoms with Crippen LogP contribution in [0.1, 0.15) is 11.1 Å². The molecule has 1 aromatic rings. The van der Waals surface area contributed by atoms with Crippen LogP contribution in [0.3, 0.4) is 0 Å². The zero-order valence-electron chi connectivity index (χ0n) is 9.40. The highest BCUT2D eigenvalue weighted by Gasteiger charge is 2.13. The molecule has 0 saturated heterocycles. The third kappa shape index (κ3) is 3.91. The van der Waals surface area contributed by atoms with E-state index in [-0.39, 0.29) is 35.4 Å². The average Bonchev–Trinajstić information content (AvgIpc) is 2.20. The molecule has 9 heteroatoms. The molecule has 0 aliphatic rings. The molecular formula is C9H12ClN5O3. The van der Waals surface area contributed by atoms with E-state index in [2.05, 4.69) is 10.2 Å². The van der Waals surface area contributed by atoms with Crippen LogP contribution in [0.15, 0.2) is 22.3 Å². The Morgan fingerprint density at radius 3 is 2.61 bits per heavy atom. The second kappa shape index (κ2) is 6.40. The summed E-state index contributed by atoms with van der Waals surface area (Å²) in [5.74, 6) is -0.384. The Hall–Kier alpha value is -2.35. The van der Waals surface area contributed by atoms with E-state index in [1.807, 2.05) is 0 Å². The predicted octanol–water partition coefficient (Wildman–Crippen LogP) is 0.638. The van der Waals surface area contributed by atoms with Gasteiger partial charge in [0.05, 0.1) is 11.1 Å². The summed E-state index contributed by atoms with van der Waals surface area (Å²) in [5.41, 5.74) is 10.5. The lowest BCUT2D eigenvalue weighted by Gasteiger charge is -2.01. The van der Waals surface area contributed by atoms with Crippen molar-refractivity contribution in [1.82, 2.24) is 0 Å². The van der Waals surface area contributed by atoms with Crippen molar-refractivity contribution in [2.75, 3.05) is 0 Å². The van der Waals surface area contributed by atoms with Gasteiger partial charge in [-0.3, -0.25) is 10.1 Å². The Labute approximate surface area is 109 Å². The molecule has 8 nitrogen and oxygen atoms in total. The summed E-state index contributed by atoms with van der Waals surface area (Å²) in [4.78, 5) is 10.1. The van der Waals surface area contributed by atoms with Crippen LogP contribution in [0.4, 0.5) is 5.69 Å². The van der Waals surface area contributed by atoms with Gasteiger partial charge in [0.25, 0.3) is 5.69 Å². The van der Waals surface area contributed by atoms with Crippen molar-refractivity contribution in [3.8, 4) is 5.75 Å². The molecule has 0 bridgehead atoms. The van der Waals surface area contributed by atoms with Crippen molar-refractivity contribution in [2.45, 2.75) is 6.92 Å². The summed E-state index contributed by atoms with van der Waals surface area (Å²) in [6.45, 7) is 1.52. The number of guanidine groups is 1. The number of aromatic hydroxyl groups is 1. The second-order valence-corrected chi connectivity index (χ2v) is 3.22. The lowest BCUT2D eigenvalue weighted by molar-refractivity contribution is -0.385. The van der Waals surface area contributed by atoms with Crippen LogP contribution in [-0.4, -0.2) is 22.2 Å². The van der Waals surface area contributed by atoms with Gasteiger partial charge in [-0.2, -0.15) is 5.10 Å². The number of hydrogen-bond acceptors (Lipinski definition) is 5. The number of nitro benzene ring substituents is 1. The highest BCUT2D eigenvalue weighted by Crippen LogP contribution is 2.26. The van der Waals surface area contributed by atoms with Gasteiger partial charge in [0.1, 0.15) is 5.75 Å². The van der Waals surface area contributed by atoms with E-state index in [1.165, 1.54) is 19.1 Å². The lowest BCUT2D eigenvalue weighted by Crippen LogP contribution is -2.21. The standard InChI is InChI=1S/C9H11N5O3.ClH/c1-5-2-8(15)6(3-7(5)14(16)17)4-12-13-9(10)11;/h2-4,15H,1H3,(H4,10,11,13);1H/b12-4+;. The number of nitrogens with two attached hydrogens (primary N) is 2.